The fourth-order valence-corrected chi connectivity index (χ4v) is 4.30. The van der Waals surface area contributed by atoms with Crippen LogP contribution in [-0.4, -0.2) is 23.9 Å². The fourth-order valence-electron chi connectivity index (χ4n) is 3.44. The Hall–Kier alpha value is -1.69. The van der Waals surface area contributed by atoms with E-state index in [1.165, 1.54) is 20.9 Å². The lowest BCUT2D eigenvalue weighted by atomic mass is 9.97. The molecule has 1 atom stereocenters. The number of primary amides is 1. The normalized spacial score (nSPS) is 18.4. The van der Waals surface area contributed by atoms with Gasteiger partial charge in [0.15, 0.2) is 0 Å². The molecule has 1 fully saturated rings. The molecule has 134 valence electrons. The third-order valence-corrected chi connectivity index (χ3v) is 5.73. The van der Waals surface area contributed by atoms with Gasteiger partial charge in [0.25, 0.3) is 0 Å². The highest BCUT2D eigenvalue weighted by Crippen LogP contribution is 2.19. The Morgan fingerprint density at radius 3 is 2.88 bits per heavy atom. The minimum atomic E-state index is -0.161. The van der Waals surface area contributed by atoms with Gasteiger partial charge in [-0.1, -0.05) is 24.3 Å². The van der Waals surface area contributed by atoms with Gasteiger partial charge < -0.3 is 11.1 Å². The SMILES string of the molecule is Cc1ccc(CNCc2cccc(CN3CCCC(C(N)=O)C3)c2)s1. The number of nitrogens with one attached hydrogen (secondary N) is 1. The van der Waals surface area contributed by atoms with Crippen LogP contribution in [-0.2, 0) is 24.4 Å². The summed E-state index contributed by atoms with van der Waals surface area (Å²) in [5, 5.41) is 3.52. The van der Waals surface area contributed by atoms with Crippen LogP contribution in [0.15, 0.2) is 36.4 Å². The summed E-state index contributed by atoms with van der Waals surface area (Å²) >= 11 is 1.84. The van der Waals surface area contributed by atoms with E-state index in [1.54, 1.807) is 0 Å². The number of piperidine rings is 1. The molecule has 2 aromatic rings. The average Bonchev–Trinajstić information content (AvgIpc) is 3.01. The molecule has 1 aliphatic rings. The van der Waals surface area contributed by atoms with Crippen molar-refractivity contribution in [3.05, 3.63) is 57.3 Å². The Balaban J connectivity index is 1.51. The minimum Gasteiger partial charge on any atom is -0.369 e. The van der Waals surface area contributed by atoms with Gasteiger partial charge in [-0.3, -0.25) is 9.69 Å². The van der Waals surface area contributed by atoms with Crippen molar-refractivity contribution >= 4 is 17.2 Å². The predicted molar refractivity (Wildman–Crippen MR) is 103 cm³/mol. The molecule has 1 unspecified atom stereocenters. The molecule has 5 heteroatoms. The van der Waals surface area contributed by atoms with Gasteiger partial charge in [0.2, 0.25) is 5.91 Å². The largest absolute Gasteiger partial charge is 0.369 e. The monoisotopic (exact) mass is 357 g/mol. The zero-order chi connectivity index (χ0) is 17.6. The first-order valence-electron chi connectivity index (χ1n) is 8.95. The summed E-state index contributed by atoms with van der Waals surface area (Å²) in [6, 6.07) is 13.1. The molecule has 1 aromatic heterocycles. The standard InChI is InChI=1S/C20H27N3OS/c1-15-7-8-19(25-15)12-22-11-16-4-2-5-17(10-16)13-23-9-3-6-18(14-23)20(21)24/h2,4-5,7-8,10,18,22H,3,6,9,11-14H2,1H3,(H2,21,24). The van der Waals surface area contributed by atoms with Crippen molar-refractivity contribution in [1.29, 1.82) is 0 Å². The van der Waals surface area contributed by atoms with E-state index in [2.05, 4.69) is 53.5 Å². The topological polar surface area (TPSA) is 58.4 Å². The van der Waals surface area contributed by atoms with Gasteiger partial charge in [0.1, 0.15) is 0 Å². The van der Waals surface area contributed by atoms with Crippen molar-refractivity contribution < 1.29 is 4.79 Å². The summed E-state index contributed by atoms with van der Waals surface area (Å²) in [6.45, 7) is 6.64. The fraction of sp³-hybridized carbons (Fsp3) is 0.450. The molecule has 1 aliphatic heterocycles. The third-order valence-electron chi connectivity index (χ3n) is 4.73. The first kappa shape index (κ1) is 18.1. The Labute approximate surface area is 154 Å². The zero-order valence-corrected chi connectivity index (χ0v) is 15.6. The van der Waals surface area contributed by atoms with Crippen molar-refractivity contribution in [2.75, 3.05) is 13.1 Å². The summed E-state index contributed by atoms with van der Waals surface area (Å²) in [5.74, 6) is -0.153. The van der Waals surface area contributed by atoms with Crippen molar-refractivity contribution in [3.8, 4) is 0 Å². The number of thiophene rings is 1. The van der Waals surface area contributed by atoms with E-state index in [1.807, 2.05) is 11.3 Å². The highest BCUT2D eigenvalue weighted by atomic mass is 32.1. The van der Waals surface area contributed by atoms with E-state index in [0.29, 0.717) is 0 Å². The summed E-state index contributed by atoms with van der Waals surface area (Å²) < 4.78 is 0. The van der Waals surface area contributed by atoms with Crippen LogP contribution in [0.25, 0.3) is 0 Å². The number of hydrogen-bond donors (Lipinski definition) is 2. The number of rotatable bonds is 7. The number of aryl methyl sites for hydroxylation is 1. The van der Waals surface area contributed by atoms with E-state index in [-0.39, 0.29) is 11.8 Å². The molecule has 0 spiro atoms. The van der Waals surface area contributed by atoms with Gasteiger partial charge >= 0.3 is 0 Å². The Morgan fingerprint density at radius 1 is 1.28 bits per heavy atom. The number of amides is 1. The van der Waals surface area contributed by atoms with E-state index >= 15 is 0 Å². The van der Waals surface area contributed by atoms with Gasteiger partial charge in [-0.2, -0.15) is 0 Å². The second-order valence-electron chi connectivity index (χ2n) is 6.91. The summed E-state index contributed by atoms with van der Waals surface area (Å²) in [4.78, 5) is 16.5. The molecule has 1 saturated heterocycles. The van der Waals surface area contributed by atoms with Gasteiger partial charge in [0.05, 0.1) is 5.92 Å². The van der Waals surface area contributed by atoms with Crippen molar-refractivity contribution in [3.63, 3.8) is 0 Å². The molecular formula is C20H27N3OS. The van der Waals surface area contributed by atoms with E-state index in [9.17, 15) is 4.79 Å². The second-order valence-corrected chi connectivity index (χ2v) is 8.28. The summed E-state index contributed by atoms with van der Waals surface area (Å²) in [6.07, 6.45) is 1.98. The van der Waals surface area contributed by atoms with Crippen LogP contribution in [0.1, 0.15) is 33.7 Å². The summed E-state index contributed by atoms with van der Waals surface area (Å²) in [5.41, 5.74) is 8.08. The number of hydrogen-bond acceptors (Lipinski definition) is 4. The maximum Gasteiger partial charge on any atom is 0.221 e. The van der Waals surface area contributed by atoms with E-state index in [0.717, 1.165) is 45.6 Å². The van der Waals surface area contributed by atoms with Crippen LogP contribution in [0.5, 0.6) is 0 Å². The van der Waals surface area contributed by atoms with Gasteiger partial charge in [0, 0.05) is 35.9 Å². The molecule has 1 amide bonds. The molecule has 0 aliphatic carbocycles. The number of nitrogens with zero attached hydrogens (tertiary/aromatic N) is 1. The Bertz CT molecular complexity index is 712. The smallest absolute Gasteiger partial charge is 0.221 e. The number of carbonyl (C=O) groups excluding carboxylic acids is 1. The Kier molecular flexibility index (Phi) is 6.24. The molecule has 0 radical (unpaired) electrons. The molecule has 0 bridgehead atoms. The van der Waals surface area contributed by atoms with E-state index < -0.39 is 0 Å². The molecule has 2 heterocycles. The van der Waals surface area contributed by atoms with Crippen LogP contribution in [0.2, 0.25) is 0 Å². The second kappa shape index (κ2) is 8.61. The van der Waals surface area contributed by atoms with Gasteiger partial charge in [-0.15, -0.1) is 11.3 Å². The predicted octanol–water partition coefficient (Wildman–Crippen LogP) is 3.04. The minimum absolute atomic E-state index is 0.00727. The van der Waals surface area contributed by atoms with Gasteiger partial charge in [-0.05, 0) is 49.6 Å². The lowest BCUT2D eigenvalue weighted by Crippen LogP contribution is -2.40. The number of nitrogens with two attached hydrogens (primary N) is 1. The van der Waals surface area contributed by atoms with Crippen LogP contribution in [0, 0.1) is 12.8 Å². The molecule has 3 N–H and O–H groups in total. The van der Waals surface area contributed by atoms with Crippen molar-refractivity contribution in [1.82, 2.24) is 10.2 Å². The third kappa shape index (κ3) is 5.39. The molecular weight excluding hydrogens is 330 g/mol. The van der Waals surface area contributed by atoms with Crippen LogP contribution < -0.4 is 11.1 Å². The summed E-state index contributed by atoms with van der Waals surface area (Å²) in [7, 11) is 0. The van der Waals surface area contributed by atoms with E-state index in [4.69, 9.17) is 5.73 Å². The van der Waals surface area contributed by atoms with Crippen LogP contribution in [0.3, 0.4) is 0 Å². The highest BCUT2D eigenvalue weighted by Gasteiger charge is 2.23. The van der Waals surface area contributed by atoms with Crippen LogP contribution >= 0.6 is 11.3 Å². The number of benzene rings is 1. The van der Waals surface area contributed by atoms with Crippen molar-refractivity contribution in [2.24, 2.45) is 11.7 Å². The lowest BCUT2D eigenvalue weighted by molar-refractivity contribution is -0.123. The number of likely N-dealkylation sites (tertiary alicyclic amines) is 1. The molecule has 0 saturated carbocycles. The molecule has 4 nitrogen and oxygen atoms in total. The average molecular weight is 358 g/mol. The quantitative estimate of drug-likeness (QED) is 0.801. The molecule has 25 heavy (non-hydrogen) atoms. The van der Waals surface area contributed by atoms with Crippen LogP contribution in [0.4, 0.5) is 0 Å². The molecule has 1 aromatic carbocycles. The maximum absolute atomic E-state index is 11.4. The molecule has 3 rings (SSSR count). The first-order chi connectivity index (χ1) is 12.1. The lowest BCUT2D eigenvalue weighted by Gasteiger charge is -2.31. The van der Waals surface area contributed by atoms with Crippen molar-refractivity contribution in [2.45, 2.75) is 39.4 Å². The highest BCUT2D eigenvalue weighted by molar-refractivity contribution is 7.11. The Morgan fingerprint density at radius 2 is 2.12 bits per heavy atom. The number of carbonyl (C=O) groups is 1. The first-order valence-corrected chi connectivity index (χ1v) is 9.77. The maximum atomic E-state index is 11.4. The van der Waals surface area contributed by atoms with Gasteiger partial charge in [-0.25, -0.2) is 0 Å². The zero-order valence-electron chi connectivity index (χ0n) is 14.8.